The second kappa shape index (κ2) is 24.5. The van der Waals surface area contributed by atoms with Crippen LogP contribution in [0.5, 0.6) is 0 Å². The van der Waals surface area contributed by atoms with Gasteiger partial charge in [-0.05, 0) is 32.8 Å². The molecule has 9 heteroatoms. The van der Waals surface area contributed by atoms with Crippen LogP contribution < -0.4 is 0 Å². The van der Waals surface area contributed by atoms with Crippen molar-refractivity contribution in [3.63, 3.8) is 0 Å². The summed E-state index contributed by atoms with van der Waals surface area (Å²) in [5, 5.41) is 8.58. The number of ether oxygens (including phenoxy) is 3. The van der Waals surface area contributed by atoms with E-state index in [1.165, 1.54) is 6.08 Å². The molecule has 0 aromatic heterocycles. The number of hydrogen-bond acceptors (Lipinski definition) is 7. The van der Waals surface area contributed by atoms with E-state index < -0.39 is 17.9 Å². The molecule has 0 saturated heterocycles. The molecule has 210 valence electrons. The number of allylic oxidation sites excluding steroid dienone is 2. The molecule has 0 aliphatic heterocycles. The van der Waals surface area contributed by atoms with Crippen molar-refractivity contribution in [1.82, 2.24) is 0 Å². The minimum Gasteiger partial charge on any atom is -0.478 e. The lowest BCUT2D eigenvalue weighted by molar-refractivity contribution is -0.147. The number of carbonyl (C=O) groups excluding carboxylic acids is 3. The molecule has 0 saturated carbocycles. The van der Waals surface area contributed by atoms with Crippen molar-refractivity contribution in [2.75, 3.05) is 19.8 Å². The van der Waals surface area contributed by atoms with Crippen molar-refractivity contribution in [1.29, 1.82) is 0 Å². The molecule has 0 unspecified atom stereocenters. The summed E-state index contributed by atoms with van der Waals surface area (Å²) in [6.07, 6.45) is 8.33. The first kappa shape index (κ1) is 38.3. The second-order valence-electron chi connectivity index (χ2n) is 7.48. The van der Waals surface area contributed by atoms with Gasteiger partial charge < -0.3 is 24.8 Å². The average Bonchev–Trinajstić information content (AvgIpc) is 2.87. The molecule has 1 aromatic rings. The van der Waals surface area contributed by atoms with E-state index in [1.54, 1.807) is 32.9 Å². The smallest absolute Gasteiger partial charge is 0.333 e. The molecule has 1 rings (SSSR count). The Hall–Kier alpha value is -4.24. The van der Waals surface area contributed by atoms with E-state index in [4.69, 9.17) is 5.11 Å². The van der Waals surface area contributed by atoms with E-state index in [1.807, 2.05) is 43.3 Å². The first-order valence-corrected chi connectivity index (χ1v) is 11.5. The van der Waals surface area contributed by atoms with Crippen LogP contribution in [0.4, 0.5) is 0 Å². The first-order chi connectivity index (χ1) is 17.5. The number of hydrogen-bond donors (Lipinski definition) is 1. The highest BCUT2D eigenvalue weighted by Crippen LogP contribution is 2.02. The van der Waals surface area contributed by atoms with E-state index in [-0.39, 0.29) is 24.7 Å². The molecule has 0 bridgehead atoms. The fourth-order valence-corrected chi connectivity index (χ4v) is 1.83. The van der Waals surface area contributed by atoms with Crippen molar-refractivity contribution >= 4 is 30.0 Å². The SMILES string of the molecule is C=C(C)C(=O)OCCOC(=O)C(=C)C.C=CC(=O)OCCCC.CC(=CC=Cc1ccccc1)C(=O)O.O. The standard InChI is InChI=1S/C12H12O2.C10H14O4.C7H12O2.H2O/c1-10(12(13)14)6-5-9-11-7-3-2-4-8-11;1-7(2)9(11)13-5-6-14-10(12)8(3)4;1-3-5-6-9-7(8)4-2;/h2-9H,1H3,(H,13,14);1,3,5-6H2,2,4H3;4H,2-3,5-6H2,1H3;1H2. The second-order valence-corrected chi connectivity index (χ2v) is 7.48. The number of unbranched alkanes of at least 4 members (excludes halogenated alkanes) is 1. The van der Waals surface area contributed by atoms with E-state index in [2.05, 4.69) is 33.9 Å². The lowest BCUT2D eigenvalue weighted by atomic mass is 10.2. The topological polar surface area (TPSA) is 148 Å². The molecule has 0 fully saturated rings. The van der Waals surface area contributed by atoms with Crippen LogP contribution in [0.2, 0.25) is 0 Å². The van der Waals surface area contributed by atoms with Gasteiger partial charge >= 0.3 is 23.9 Å². The van der Waals surface area contributed by atoms with E-state index in [0.717, 1.165) is 18.4 Å². The molecule has 0 radical (unpaired) electrons. The van der Waals surface area contributed by atoms with E-state index in [0.29, 0.717) is 23.3 Å². The summed E-state index contributed by atoms with van der Waals surface area (Å²) in [6.45, 7) is 17.3. The largest absolute Gasteiger partial charge is 0.478 e. The monoisotopic (exact) mass is 532 g/mol. The number of rotatable bonds is 12. The quantitative estimate of drug-likeness (QED) is 0.134. The number of benzene rings is 1. The predicted octanol–water partition coefficient (Wildman–Crippen LogP) is 4.65. The summed E-state index contributed by atoms with van der Waals surface area (Å²) in [4.78, 5) is 42.5. The Balaban J connectivity index is -0.000000490. The highest BCUT2D eigenvalue weighted by molar-refractivity contribution is 5.87. The van der Waals surface area contributed by atoms with Crippen molar-refractivity contribution in [2.45, 2.75) is 40.5 Å². The van der Waals surface area contributed by atoms with Gasteiger partial charge in [0.25, 0.3) is 0 Å². The Morgan fingerprint density at radius 3 is 1.76 bits per heavy atom. The van der Waals surface area contributed by atoms with Gasteiger partial charge in [0.15, 0.2) is 0 Å². The van der Waals surface area contributed by atoms with Gasteiger partial charge in [0.2, 0.25) is 0 Å². The minimum atomic E-state index is -0.886. The highest BCUT2D eigenvalue weighted by Gasteiger charge is 2.05. The average molecular weight is 533 g/mol. The zero-order valence-electron chi connectivity index (χ0n) is 22.7. The number of aliphatic carboxylic acids is 1. The van der Waals surface area contributed by atoms with Gasteiger partial charge in [0.05, 0.1) is 6.61 Å². The molecular weight excluding hydrogens is 492 g/mol. The summed E-state index contributed by atoms with van der Waals surface area (Å²) in [6, 6.07) is 9.73. The lowest BCUT2D eigenvalue weighted by Gasteiger charge is -2.05. The highest BCUT2D eigenvalue weighted by atomic mass is 16.6. The summed E-state index contributed by atoms with van der Waals surface area (Å²) < 4.78 is 14.1. The number of carboxylic acid groups (broad SMARTS) is 1. The van der Waals surface area contributed by atoms with Crippen LogP contribution in [0.25, 0.3) is 6.08 Å². The van der Waals surface area contributed by atoms with Gasteiger partial charge in [0.1, 0.15) is 13.2 Å². The Bertz CT molecular complexity index is 930. The minimum absolute atomic E-state index is 0. The molecule has 0 aliphatic rings. The Morgan fingerprint density at radius 2 is 1.37 bits per heavy atom. The summed E-state index contributed by atoms with van der Waals surface area (Å²) in [5.74, 6) is -2.20. The third-order valence-electron chi connectivity index (χ3n) is 3.93. The lowest BCUT2D eigenvalue weighted by Crippen LogP contribution is -2.14. The summed E-state index contributed by atoms with van der Waals surface area (Å²) >= 11 is 0. The fraction of sp³-hybridized carbons (Fsp3) is 0.310. The maximum Gasteiger partial charge on any atom is 0.333 e. The molecule has 0 spiro atoms. The van der Waals surface area contributed by atoms with Crippen LogP contribution in [0.1, 0.15) is 46.1 Å². The van der Waals surface area contributed by atoms with Crippen molar-refractivity contribution in [2.24, 2.45) is 0 Å². The number of carbonyl (C=O) groups is 4. The summed E-state index contributed by atoms with van der Waals surface area (Å²) in [5.41, 5.74) is 2.02. The van der Waals surface area contributed by atoms with Crippen LogP contribution in [-0.4, -0.2) is 54.3 Å². The third kappa shape index (κ3) is 23.5. The van der Waals surface area contributed by atoms with Crippen LogP contribution >= 0.6 is 0 Å². The van der Waals surface area contributed by atoms with Gasteiger partial charge in [-0.15, -0.1) is 0 Å². The fourth-order valence-electron chi connectivity index (χ4n) is 1.83. The molecule has 0 atom stereocenters. The molecule has 1 aromatic carbocycles. The van der Waals surface area contributed by atoms with Gasteiger partial charge in [-0.3, -0.25) is 0 Å². The molecule has 38 heavy (non-hydrogen) atoms. The van der Waals surface area contributed by atoms with E-state index >= 15 is 0 Å². The number of esters is 3. The van der Waals surface area contributed by atoms with Crippen LogP contribution in [0.15, 0.2) is 85.0 Å². The summed E-state index contributed by atoms with van der Waals surface area (Å²) in [7, 11) is 0. The van der Waals surface area contributed by atoms with Crippen molar-refractivity contribution in [3.05, 3.63) is 90.6 Å². The van der Waals surface area contributed by atoms with Gasteiger partial charge in [-0.2, -0.15) is 0 Å². The van der Waals surface area contributed by atoms with Crippen LogP contribution in [0, 0.1) is 0 Å². The molecule has 3 N–H and O–H groups in total. The van der Waals surface area contributed by atoms with Crippen molar-refractivity contribution < 1.29 is 44.0 Å². The normalized spacial score (nSPS) is 9.74. The van der Waals surface area contributed by atoms with Gasteiger partial charge in [-0.1, -0.05) is 81.6 Å². The molecular formula is C29H40O9. The molecule has 0 amide bonds. The maximum atomic E-state index is 10.8. The molecule has 0 heterocycles. The van der Waals surface area contributed by atoms with Gasteiger partial charge in [-0.25, -0.2) is 19.2 Å². The Kier molecular flexibility index (Phi) is 24.6. The zero-order chi connectivity index (χ0) is 28.6. The van der Waals surface area contributed by atoms with E-state index in [9.17, 15) is 19.2 Å². The number of carboxylic acids is 1. The van der Waals surface area contributed by atoms with Gasteiger partial charge in [0, 0.05) is 22.8 Å². The predicted molar refractivity (Wildman–Crippen MR) is 148 cm³/mol. The van der Waals surface area contributed by atoms with Crippen LogP contribution in [0.3, 0.4) is 0 Å². The molecule has 9 nitrogen and oxygen atoms in total. The third-order valence-corrected chi connectivity index (χ3v) is 3.93. The maximum absolute atomic E-state index is 10.8. The van der Waals surface area contributed by atoms with Crippen molar-refractivity contribution in [3.8, 4) is 0 Å². The Labute approximate surface area is 225 Å². The Morgan fingerprint density at radius 1 is 0.868 bits per heavy atom. The van der Waals surface area contributed by atoms with Crippen LogP contribution in [-0.2, 0) is 33.4 Å². The molecule has 0 aliphatic carbocycles. The zero-order valence-corrected chi connectivity index (χ0v) is 22.7. The first-order valence-electron chi connectivity index (χ1n) is 11.5.